The van der Waals surface area contributed by atoms with Crippen molar-refractivity contribution >= 4 is 34.4 Å². The van der Waals surface area contributed by atoms with Crippen molar-refractivity contribution < 1.29 is 14.4 Å². The number of nitro benzene ring substituents is 1. The zero-order valence-electron chi connectivity index (χ0n) is 24.1. The summed E-state index contributed by atoms with van der Waals surface area (Å²) in [6.45, 7) is 6.23. The molecule has 218 valence electrons. The molecule has 5 aromatic rings. The molecule has 0 saturated heterocycles. The highest BCUT2D eigenvalue weighted by Crippen LogP contribution is 2.34. The number of nitrogens with zero attached hydrogens (tertiary/aromatic N) is 4. The number of para-hydroxylation sites is 1. The number of hydrogen-bond acceptors (Lipinski definition) is 7. The lowest BCUT2D eigenvalue weighted by Crippen LogP contribution is -2.21. The van der Waals surface area contributed by atoms with Crippen LogP contribution in [0.3, 0.4) is 0 Å². The van der Waals surface area contributed by atoms with E-state index < -0.39 is 4.92 Å². The second-order valence-corrected chi connectivity index (χ2v) is 10.7. The van der Waals surface area contributed by atoms with E-state index in [0.29, 0.717) is 38.6 Å². The molecule has 10 heteroatoms. The molecule has 0 atom stereocenters. The van der Waals surface area contributed by atoms with Crippen molar-refractivity contribution in [3.8, 4) is 22.9 Å². The standard InChI is InChI=1S/C33H29ClN4O5/c1-20(2)27-17-28(21(3)15-31(27)42-4)32-36-29-8-6-5-7-26(29)33(39)37(32)35-18-23-16-25(38(40)41)13-14-30(23)43-19-22-9-11-24(34)12-10-22/h5-18,20H,19H2,1-4H3. The summed E-state index contributed by atoms with van der Waals surface area (Å²) in [7, 11) is 1.63. The first kappa shape index (κ1) is 29.5. The molecule has 43 heavy (non-hydrogen) atoms. The van der Waals surface area contributed by atoms with E-state index in [0.717, 1.165) is 22.4 Å². The van der Waals surface area contributed by atoms with Crippen LogP contribution in [0.5, 0.6) is 11.5 Å². The van der Waals surface area contributed by atoms with Crippen LogP contribution in [0, 0.1) is 17.0 Å². The van der Waals surface area contributed by atoms with E-state index in [1.165, 1.54) is 29.1 Å². The van der Waals surface area contributed by atoms with Gasteiger partial charge in [-0.25, -0.2) is 4.98 Å². The summed E-state index contributed by atoms with van der Waals surface area (Å²) in [6.07, 6.45) is 1.38. The van der Waals surface area contributed by atoms with Gasteiger partial charge in [0.25, 0.3) is 11.2 Å². The topological polar surface area (TPSA) is 109 Å². The lowest BCUT2D eigenvalue weighted by molar-refractivity contribution is -0.384. The molecule has 5 rings (SSSR count). The second-order valence-electron chi connectivity index (χ2n) is 10.3. The molecule has 0 aliphatic heterocycles. The number of aryl methyl sites for hydroxylation is 1. The first-order valence-corrected chi connectivity index (χ1v) is 13.9. The third-order valence-corrected chi connectivity index (χ3v) is 7.27. The third kappa shape index (κ3) is 6.27. The van der Waals surface area contributed by atoms with Crippen LogP contribution in [-0.2, 0) is 6.61 Å². The predicted octanol–water partition coefficient (Wildman–Crippen LogP) is 7.53. The Balaban J connectivity index is 1.66. The van der Waals surface area contributed by atoms with Gasteiger partial charge in [-0.2, -0.15) is 9.78 Å². The molecule has 0 N–H and O–H groups in total. The average Bonchev–Trinajstić information content (AvgIpc) is 3.00. The number of methoxy groups -OCH3 is 1. The summed E-state index contributed by atoms with van der Waals surface area (Å²) < 4.78 is 12.9. The molecule has 1 heterocycles. The largest absolute Gasteiger partial charge is 0.496 e. The van der Waals surface area contributed by atoms with Gasteiger partial charge >= 0.3 is 0 Å². The van der Waals surface area contributed by atoms with E-state index in [9.17, 15) is 14.9 Å². The van der Waals surface area contributed by atoms with Crippen LogP contribution in [0.15, 0.2) is 88.8 Å². The lowest BCUT2D eigenvalue weighted by atomic mass is 9.96. The molecule has 0 spiro atoms. The molecule has 0 saturated carbocycles. The van der Waals surface area contributed by atoms with E-state index in [1.807, 2.05) is 37.3 Å². The van der Waals surface area contributed by atoms with Gasteiger partial charge in [-0.1, -0.05) is 49.7 Å². The van der Waals surface area contributed by atoms with Gasteiger partial charge in [0.15, 0.2) is 5.82 Å². The van der Waals surface area contributed by atoms with Crippen molar-refractivity contribution in [3.63, 3.8) is 0 Å². The minimum absolute atomic E-state index is 0.142. The van der Waals surface area contributed by atoms with Crippen LogP contribution >= 0.6 is 11.6 Å². The number of hydrogen-bond donors (Lipinski definition) is 0. The molecule has 0 amide bonds. The van der Waals surface area contributed by atoms with Crippen LogP contribution in [0.25, 0.3) is 22.3 Å². The van der Waals surface area contributed by atoms with Gasteiger partial charge in [-0.3, -0.25) is 14.9 Å². The minimum Gasteiger partial charge on any atom is -0.496 e. The van der Waals surface area contributed by atoms with E-state index in [1.54, 1.807) is 37.4 Å². The van der Waals surface area contributed by atoms with Crippen LogP contribution < -0.4 is 15.0 Å². The summed E-state index contributed by atoms with van der Waals surface area (Å²) >= 11 is 5.99. The summed E-state index contributed by atoms with van der Waals surface area (Å²) in [5, 5.41) is 17.1. The molecule has 4 aromatic carbocycles. The first-order valence-electron chi connectivity index (χ1n) is 13.6. The Morgan fingerprint density at radius 3 is 2.49 bits per heavy atom. The molecule has 0 radical (unpaired) electrons. The summed E-state index contributed by atoms with van der Waals surface area (Å²) in [6, 6.07) is 22.3. The molecular formula is C33H29ClN4O5. The third-order valence-electron chi connectivity index (χ3n) is 7.02. The number of halogens is 1. The summed E-state index contributed by atoms with van der Waals surface area (Å²) in [5.74, 6) is 1.57. The van der Waals surface area contributed by atoms with Crippen molar-refractivity contribution in [2.24, 2.45) is 5.10 Å². The highest BCUT2D eigenvalue weighted by molar-refractivity contribution is 6.30. The highest BCUT2D eigenvalue weighted by atomic mass is 35.5. The number of fused-ring (bicyclic) bond motifs is 1. The van der Waals surface area contributed by atoms with Gasteiger partial charge in [0.1, 0.15) is 18.1 Å². The van der Waals surface area contributed by atoms with Gasteiger partial charge in [-0.05, 0) is 72.0 Å². The fraction of sp³-hybridized carbons (Fsp3) is 0.182. The van der Waals surface area contributed by atoms with E-state index >= 15 is 0 Å². The number of non-ortho nitro benzene ring substituents is 1. The lowest BCUT2D eigenvalue weighted by Gasteiger charge is -2.17. The Labute approximate surface area is 253 Å². The van der Waals surface area contributed by atoms with Gasteiger partial charge in [0.2, 0.25) is 0 Å². The Kier molecular flexibility index (Phi) is 8.54. The second kappa shape index (κ2) is 12.5. The Morgan fingerprint density at radius 1 is 1.05 bits per heavy atom. The van der Waals surface area contributed by atoms with Crippen molar-refractivity contribution in [3.05, 3.63) is 127 Å². The Morgan fingerprint density at radius 2 is 1.79 bits per heavy atom. The number of ether oxygens (including phenoxy) is 2. The minimum atomic E-state index is -0.496. The van der Waals surface area contributed by atoms with Gasteiger partial charge in [0, 0.05) is 28.3 Å². The summed E-state index contributed by atoms with van der Waals surface area (Å²) in [5.41, 5.74) is 3.69. The number of nitro groups is 1. The number of benzene rings is 4. The van der Waals surface area contributed by atoms with Gasteiger partial charge in [0.05, 0.1) is 29.2 Å². The molecule has 0 aliphatic rings. The fourth-order valence-corrected chi connectivity index (χ4v) is 4.84. The normalized spacial score (nSPS) is 11.4. The highest BCUT2D eigenvalue weighted by Gasteiger charge is 2.19. The maximum absolute atomic E-state index is 13.8. The van der Waals surface area contributed by atoms with Gasteiger partial charge in [-0.15, -0.1) is 0 Å². The van der Waals surface area contributed by atoms with Crippen molar-refractivity contribution in [2.75, 3.05) is 7.11 Å². The first-order chi connectivity index (χ1) is 20.7. The van der Waals surface area contributed by atoms with Crippen LogP contribution in [0.4, 0.5) is 5.69 Å². The summed E-state index contributed by atoms with van der Waals surface area (Å²) in [4.78, 5) is 29.8. The Bertz CT molecular complexity index is 1920. The molecule has 9 nitrogen and oxygen atoms in total. The maximum atomic E-state index is 13.8. The predicted molar refractivity (Wildman–Crippen MR) is 169 cm³/mol. The molecule has 1 aromatic heterocycles. The number of aromatic nitrogens is 2. The smallest absolute Gasteiger partial charge is 0.282 e. The fourth-order valence-electron chi connectivity index (χ4n) is 4.72. The monoisotopic (exact) mass is 596 g/mol. The molecular weight excluding hydrogens is 568 g/mol. The molecule has 0 unspecified atom stereocenters. The van der Waals surface area contributed by atoms with Crippen molar-refractivity contribution in [2.45, 2.75) is 33.3 Å². The zero-order valence-corrected chi connectivity index (χ0v) is 24.8. The molecule has 0 fully saturated rings. The molecule has 0 aliphatic carbocycles. The van der Waals surface area contributed by atoms with Crippen LogP contribution in [0.2, 0.25) is 5.02 Å². The Hall–Kier alpha value is -5.02. The van der Waals surface area contributed by atoms with E-state index in [-0.39, 0.29) is 23.8 Å². The average molecular weight is 597 g/mol. The van der Waals surface area contributed by atoms with E-state index in [2.05, 4.69) is 18.9 Å². The van der Waals surface area contributed by atoms with Crippen LogP contribution in [0.1, 0.15) is 42.0 Å². The quantitative estimate of drug-likeness (QED) is 0.0988. The van der Waals surface area contributed by atoms with Crippen molar-refractivity contribution in [1.82, 2.24) is 9.66 Å². The van der Waals surface area contributed by atoms with Crippen molar-refractivity contribution in [1.29, 1.82) is 0 Å². The molecule has 0 bridgehead atoms. The van der Waals surface area contributed by atoms with Crippen LogP contribution in [-0.4, -0.2) is 27.9 Å². The SMILES string of the molecule is COc1cc(C)c(-c2nc3ccccc3c(=O)n2N=Cc2cc([N+](=O)[O-])ccc2OCc2ccc(Cl)cc2)cc1C(C)C. The van der Waals surface area contributed by atoms with E-state index in [4.69, 9.17) is 26.1 Å². The zero-order chi connectivity index (χ0) is 30.7. The number of rotatable bonds is 9. The van der Waals surface area contributed by atoms with Gasteiger partial charge < -0.3 is 9.47 Å². The maximum Gasteiger partial charge on any atom is 0.282 e.